The molecular formula is C18H16N4O2. The standard InChI is InChI=1S/C18H16N4O2/c1-13(21-22-17(23)10-11-19)15-8-5-9-16(12-15)20-18(24)14-6-3-2-4-7-14/h2-9,12H,10H2,1H3,(H,20,24)(H,22,23)/b21-13-. The van der Waals surface area contributed by atoms with Gasteiger partial charge in [-0.1, -0.05) is 30.3 Å². The SMILES string of the molecule is C/C(=N/NC(=O)CC#N)c1cccc(NC(=O)c2ccccc2)c1. The van der Waals surface area contributed by atoms with Crippen molar-refractivity contribution in [2.24, 2.45) is 5.10 Å². The van der Waals surface area contributed by atoms with E-state index >= 15 is 0 Å². The number of hydrogen-bond donors (Lipinski definition) is 2. The summed E-state index contributed by atoms with van der Waals surface area (Å²) >= 11 is 0. The molecule has 24 heavy (non-hydrogen) atoms. The summed E-state index contributed by atoms with van der Waals surface area (Å²) in [6.45, 7) is 1.73. The van der Waals surface area contributed by atoms with Crippen LogP contribution in [0.25, 0.3) is 0 Å². The van der Waals surface area contributed by atoms with Crippen LogP contribution in [0, 0.1) is 11.3 Å². The van der Waals surface area contributed by atoms with Crippen LogP contribution in [-0.4, -0.2) is 17.5 Å². The van der Waals surface area contributed by atoms with Gasteiger partial charge in [-0.3, -0.25) is 9.59 Å². The number of nitriles is 1. The summed E-state index contributed by atoms with van der Waals surface area (Å²) in [7, 11) is 0. The highest BCUT2D eigenvalue weighted by Gasteiger charge is 2.06. The number of carbonyl (C=O) groups is 2. The molecule has 0 spiro atoms. The molecule has 0 saturated heterocycles. The summed E-state index contributed by atoms with van der Waals surface area (Å²) in [6, 6.07) is 17.8. The third-order valence-electron chi connectivity index (χ3n) is 3.16. The highest BCUT2D eigenvalue weighted by molar-refractivity contribution is 6.05. The van der Waals surface area contributed by atoms with E-state index in [1.807, 2.05) is 12.1 Å². The van der Waals surface area contributed by atoms with Gasteiger partial charge in [-0.05, 0) is 36.8 Å². The predicted molar refractivity (Wildman–Crippen MR) is 91.4 cm³/mol. The van der Waals surface area contributed by atoms with Gasteiger partial charge in [0.1, 0.15) is 6.42 Å². The first-order valence-electron chi connectivity index (χ1n) is 7.27. The molecule has 2 amide bonds. The lowest BCUT2D eigenvalue weighted by Crippen LogP contribution is -2.18. The molecule has 120 valence electrons. The van der Waals surface area contributed by atoms with Crippen molar-refractivity contribution in [2.75, 3.05) is 5.32 Å². The van der Waals surface area contributed by atoms with Crippen LogP contribution in [0.5, 0.6) is 0 Å². The van der Waals surface area contributed by atoms with E-state index in [4.69, 9.17) is 5.26 Å². The van der Waals surface area contributed by atoms with E-state index in [2.05, 4.69) is 15.8 Å². The molecule has 0 unspecified atom stereocenters. The van der Waals surface area contributed by atoms with E-state index in [1.54, 1.807) is 55.5 Å². The number of rotatable bonds is 5. The monoisotopic (exact) mass is 320 g/mol. The second kappa shape index (κ2) is 8.25. The van der Waals surface area contributed by atoms with Gasteiger partial charge in [0, 0.05) is 11.3 Å². The van der Waals surface area contributed by atoms with Gasteiger partial charge in [0.2, 0.25) is 0 Å². The lowest BCUT2D eigenvalue weighted by molar-refractivity contribution is -0.120. The van der Waals surface area contributed by atoms with E-state index in [0.29, 0.717) is 17.0 Å². The number of hydrogen-bond acceptors (Lipinski definition) is 4. The summed E-state index contributed by atoms with van der Waals surface area (Å²) in [5.74, 6) is -0.671. The predicted octanol–water partition coefficient (Wildman–Crippen LogP) is 2.69. The van der Waals surface area contributed by atoms with Crippen molar-refractivity contribution in [3.63, 3.8) is 0 Å². The summed E-state index contributed by atoms with van der Waals surface area (Å²) < 4.78 is 0. The molecule has 0 atom stereocenters. The van der Waals surface area contributed by atoms with Gasteiger partial charge >= 0.3 is 0 Å². The quantitative estimate of drug-likeness (QED) is 0.655. The second-order valence-electron chi connectivity index (χ2n) is 4.97. The Hall–Kier alpha value is -3.46. The van der Waals surface area contributed by atoms with Gasteiger partial charge < -0.3 is 5.32 Å². The lowest BCUT2D eigenvalue weighted by atomic mass is 10.1. The first-order chi connectivity index (χ1) is 11.6. The largest absolute Gasteiger partial charge is 0.322 e. The number of hydrazone groups is 1. The minimum atomic E-state index is -0.467. The molecule has 6 nitrogen and oxygen atoms in total. The maximum atomic E-state index is 12.2. The average molecular weight is 320 g/mol. The molecule has 0 fully saturated rings. The number of nitrogens with zero attached hydrogens (tertiary/aromatic N) is 2. The fraction of sp³-hybridized carbons (Fsp3) is 0.111. The summed E-state index contributed by atoms with van der Waals surface area (Å²) in [5.41, 5.74) is 4.81. The minimum Gasteiger partial charge on any atom is -0.322 e. The van der Waals surface area contributed by atoms with Gasteiger partial charge in [0.05, 0.1) is 11.8 Å². The third-order valence-corrected chi connectivity index (χ3v) is 3.16. The normalized spacial score (nSPS) is 10.6. The number of amides is 2. The van der Waals surface area contributed by atoms with Gasteiger partial charge in [-0.25, -0.2) is 5.43 Å². The maximum absolute atomic E-state index is 12.2. The van der Waals surface area contributed by atoms with E-state index in [-0.39, 0.29) is 12.3 Å². The van der Waals surface area contributed by atoms with Crippen LogP contribution in [0.1, 0.15) is 29.3 Å². The lowest BCUT2D eigenvalue weighted by Gasteiger charge is -2.07. The van der Waals surface area contributed by atoms with Crippen LogP contribution in [-0.2, 0) is 4.79 Å². The number of nitrogens with one attached hydrogen (secondary N) is 2. The van der Waals surface area contributed by atoms with Crippen molar-refractivity contribution in [3.05, 3.63) is 65.7 Å². The molecule has 2 aromatic carbocycles. The highest BCUT2D eigenvalue weighted by Crippen LogP contribution is 2.13. The Morgan fingerprint density at radius 2 is 1.79 bits per heavy atom. The van der Waals surface area contributed by atoms with Crippen LogP contribution < -0.4 is 10.7 Å². The third kappa shape index (κ3) is 4.78. The van der Waals surface area contributed by atoms with Crippen molar-refractivity contribution in [3.8, 4) is 6.07 Å². The summed E-state index contributed by atoms with van der Waals surface area (Å²) in [4.78, 5) is 23.4. The zero-order chi connectivity index (χ0) is 17.4. The van der Waals surface area contributed by atoms with Crippen LogP contribution in [0.3, 0.4) is 0 Å². The average Bonchev–Trinajstić information content (AvgIpc) is 2.61. The summed E-state index contributed by atoms with van der Waals surface area (Å²) in [6.07, 6.45) is -0.246. The highest BCUT2D eigenvalue weighted by atomic mass is 16.2. The van der Waals surface area contributed by atoms with Gasteiger partial charge in [0.25, 0.3) is 11.8 Å². The first kappa shape index (κ1) is 16.9. The zero-order valence-electron chi connectivity index (χ0n) is 13.1. The van der Waals surface area contributed by atoms with E-state index < -0.39 is 5.91 Å². The number of benzene rings is 2. The molecule has 0 bridgehead atoms. The topological polar surface area (TPSA) is 94.3 Å². The van der Waals surface area contributed by atoms with Crippen molar-refractivity contribution in [2.45, 2.75) is 13.3 Å². The maximum Gasteiger partial charge on any atom is 0.255 e. The Balaban J connectivity index is 2.08. The molecule has 0 radical (unpaired) electrons. The molecule has 0 saturated carbocycles. The Labute approximate surface area is 139 Å². The van der Waals surface area contributed by atoms with Crippen molar-refractivity contribution < 1.29 is 9.59 Å². The van der Waals surface area contributed by atoms with Crippen molar-refractivity contribution >= 4 is 23.2 Å². The molecule has 0 aliphatic rings. The van der Waals surface area contributed by atoms with Gasteiger partial charge in [-0.15, -0.1) is 0 Å². The van der Waals surface area contributed by atoms with Crippen LogP contribution in [0.2, 0.25) is 0 Å². The molecule has 2 rings (SSSR count). The van der Waals surface area contributed by atoms with Crippen LogP contribution in [0.4, 0.5) is 5.69 Å². The van der Waals surface area contributed by atoms with Crippen LogP contribution >= 0.6 is 0 Å². The molecular weight excluding hydrogens is 304 g/mol. The molecule has 6 heteroatoms. The molecule has 0 aromatic heterocycles. The Kier molecular flexibility index (Phi) is 5.81. The Bertz CT molecular complexity index is 807. The minimum absolute atomic E-state index is 0.204. The zero-order valence-corrected chi connectivity index (χ0v) is 13.1. The van der Waals surface area contributed by atoms with Gasteiger partial charge in [-0.2, -0.15) is 10.4 Å². The van der Waals surface area contributed by atoms with Gasteiger partial charge in [0.15, 0.2) is 0 Å². The molecule has 2 aromatic rings. The second-order valence-corrected chi connectivity index (χ2v) is 4.97. The number of carbonyl (C=O) groups excluding carboxylic acids is 2. The first-order valence-corrected chi connectivity index (χ1v) is 7.27. The molecule has 2 N–H and O–H groups in total. The fourth-order valence-electron chi connectivity index (χ4n) is 1.94. The van der Waals surface area contributed by atoms with E-state index in [1.165, 1.54) is 0 Å². The Morgan fingerprint density at radius 1 is 1.08 bits per heavy atom. The van der Waals surface area contributed by atoms with E-state index in [0.717, 1.165) is 5.56 Å². The summed E-state index contributed by atoms with van der Waals surface area (Å²) in [5, 5.41) is 15.2. The molecule has 0 aliphatic carbocycles. The van der Waals surface area contributed by atoms with Crippen LogP contribution in [0.15, 0.2) is 59.7 Å². The number of anilines is 1. The smallest absolute Gasteiger partial charge is 0.255 e. The van der Waals surface area contributed by atoms with E-state index in [9.17, 15) is 9.59 Å². The molecule has 0 aliphatic heterocycles. The van der Waals surface area contributed by atoms with Crippen molar-refractivity contribution in [1.29, 1.82) is 5.26 Å². The molecule has 0 heterocycles. The van der Waals surface area contributed by atoms with Crippen molar-refractivity contribution in [1.82, 2.24) is 5.43 Å². The fourth-order valence-corrected chi connectivity index (χ4v) is 1.94. The Morgan fingerprint density at radius 3 is 2.50 bits per heavy atom.